The predicted octanol–water partition coefficient (Wildman–Crippen LogP) is 2.61. The Labute approximate surface area is 116 Å². The molecule has 0 bridgehead atoms. The molecule has 104 valence electrons. The summed E-state index contributed by atoms with van der Waals surface area (Å²) in [6.45, 7) is 3.31. The van der Waals surface area contributed by atoms with Crippen molar-refractivity contribution in [1.82, 2.24) is 5.32 Å². The van der Waals surface area contributed by atoms with Gasteiger partial charge in [-0.25, -0.2) is 4.79 Å². The van der Waals surface area contributed by atoms with Crippen LogP contribution in [-0.4, -0.2) is 22.5 Å². The first-order chi connectivity index (χ1) is 8.98. The minimum absolute atomic E-state index is 0.258. The number of carboxylic acid groups (broad SMARTS) is 1. The van der Waals surface area contributed by atoms with Gasteiger partial charge in [-0.1, -0.05) is 6.92 Å². The van der Waals surface area contributed by atoms with Crippen LogP contribution in [0, 0.1) is 0 Å². The van der Waals surface area contributed by atoms with Crippen molar-refractivity contribution in [2.24, 2.45) is 0 Å². The molecule has 1 aromatic rings. The Bertz CT molecular complexity index is 509. The molecule has 0 fully saturated rings. The zero-order valence-electron chi connectivity index (χ0n) is 11.3. The zero-order valence-corrected chi connectivity index (χ0v) is 12.1. The van der Waals surface area contributed by atoms with Crippen LogP contribution in [0.15, 0.2) is 5.38 Å². The number of thiophene rings is 1. The molecule has 0 saturated carbocycles. The van der Waals surface area contributed by atoms with Gasteiger partial charge in [-0.15, -0.1) is 11.3 Å². The normalized spacial score (nSPS) is 17.4. The Morgan fingerprint density at radius 3 is 2.74 bits per heavy atom. The molecule has 0 saturated heterocycles. The predicted molar refractivity (Wildman–Crippen MR) is 74.8 cm³/mol. The molecule has 1 aromatic heterocycles. The van der Waals surface area contributed by atoms with Crippen molar-refractivity contribution < 1.29 is 14.7 Å². The lowest BCUT2D eigenvalue weighted by Crippen LogP contribution is -2.51. The maximum Gasteiger partial charge on any atom is 0.329 e. The van der Waals surface area contributed by atoms with E-state index in [4.69, 9.17) is 0 Å². The summed E-state index contributed by atoms with van der Waals surface area (Å²) in [6.07, 6.45) is 4.61. The van der Waals surface area contributed by atoms with Gasteiger partial charge in [0.2, 0.25) is 0 Å². The van der Waals surface area contributed by atoms with Gasteiger partial charge in [-0.2, -0.15) is 0 Å². The van der Waals surface area contributed by atoms with Crippen LogP contribution in [-0.2, 0) is 17.6 Å². The average molecular weight is 281 g/mol. The highest BCUT2D eigenvalue weighted by Crippen LogP contribution is 2.30. The smallest absolute Gasteiger partial charge is 0.329 e. The van der Waals surface area contributed by atoms with Crippen LogP contribution in [0.2, 0.25) is 0 Å². The van der Waals surface area contributed by atoms with E-state index in [0.717, 1.165) is 24.8 Å². The monoisotopic (exact) mass is 281 g/mol. The van der Waals surface area contributed by atoms with Crippen LogP contribution >= 0.6 is 11.3 Å². The van der Waals surface area contributed by atoms with E-state index < -0.39 is 11.5 Å². The second kappa shape index (κ2) is 5.33. The molecule has 19 heavy (non-hydrogen) atoms. The topological polar surface area (TPSA) is 66.4 Å². The first kappa shape index (κ1) is 14.1. The van der Waals surface area contributed by atoms with E-state index >= 15 is 0 Å². The fourth-order valence-electron chi connectivity index (χ4n) is 2.30. The van der Waals surface area contributed by atoms with Crippen LogP contribution in [0.5, 0.6) is 0 Å². The van der Waals surface area contributed by atoms with E-state index in [1.807, 2.05) is 5.38 Å². The number of carbonyl (C=O) groups excluding carboxylic acids is 1. The minimum atomic E-state index is -1.19. The van der Waals surface area contributed by atoms with Gasteiger partial charge in [0.05, 0.1) is 5.56 Å². The minimum Gasteiger partial charge on any atom is -0.480 e. The largest absolute Gasteiger partial charge is 0.480 e. The maximum absolute atomic E-state index is 12.3. The quantitative estimate of drug-likeness (QED) is 0.891. The third kappa shape index (κ3) is 2.66. The molecule has 1 aliphatic carbocycles. The number of fused-ring (bicyclic) bond motifs is 1. The molecule has 2 N–H and O–H groups in total. The highest BCUT2D eigenvalue weighted by Gasteiger charge is 2.34. The molecule has 4 nitrogen and oxygen atoms in total. The van der Waals surface area contributed by atoms with Crippen molar-refractivity contribution in [3.05, 3.63) is 21.4 Å². The SMILES string of the molecule is CCC(C)(NC(=O)c1csc2c1CCCC2)C(=O)O. The Morgan fingerprint density at radius 1 is 1.42 bits per heavy atom. The second-order valence-corrected chi connectivity index (χ2v) is 6.17. The summed E-state index contributed by atoms with van der Waals surface area (Å²) in [5.74, 6) is -1.25. The number of aryl methyl sites for hydroxylation is 1. The molecule has 5 heteroatoms. The fraction of sp³-hybridized carbons (Fsp3) is 0.571. The third-order valence-electron chi connectivity index (χ3n) is 3.87. The van der Waals surface area contributed by atoms with E-state index in [9.17, 15) is 14.7 Å². The van der Waals surface area contributed by atoms with Gasteiger partial charge in [0, 0.05) is 10.3 Å². The highest BCUT2D eigenvalue weighted by atomic mass is 32.1. The molecular weight excluding hydrogens is 262 g/mol. The zero-order chi connectivity index (χ0) is 14.0. The van der Waals surface area contributed by atoms with Crippen LogP contribution in [0.3, 0.4) is 0 Å². The van der Waals surface area contributed by atoms with Crippen LogP contribution in [0.25, 0.3) is 0 Å². The standard InChI is InChI=1S/C14H19NO3S/c1-3-14(2,13(17)18)15-12(16)10-8-19-11-7-5-4-6-9(10)11/h8H,3-7H2,1-2H3,(H,15,16)(H,17,18). The molecule has 0 spiro atoms. The van der Waals surface area contributed by atoms with Crippen molar-refractivity contribution in [3.8, 4) is 0 Å². The third-order valence-corrected chi connectivity index (χ3v) is 4.96. The second-order valence-electron chi connectivity index (χ2n) is 5.20. The molecule has 1 atom stereocenters. The first-order valence-corrected chi connectivity index (χ1v) is 7.51. The molecule has 1 heterocycles. The van der Waals surface area contributed by atoms with Crippen molar-refractivity contribution in [3.63, 3.8) is 0 Å². The van der Waals surface area contributed by atoms with Crippen LogP contribution < -0.4 is 5.32 Å². The van der Waals surface area contributed by atoms with Gasteiger partial charge in [0.1, 0.15) is 5.54 Å². The number of hydrogen-bond donors (Lipinski definition) is 2. The Kier molecular flexibility index (Phi) is 3.94. The first-order valence-electron chi connectivity index (χ1n) is 6.63. The van der Waals surface area contributed by atoms with Crippen molar-refractivity contribution >= 4 is 23.2 Å². The van der Waals surface area contributed by atoms with E-state index in [-0.39, 0.29) is 5.91 Å². The van der Waals surface area contributed by atoms with Gasteiger partial charge in [-0.3, -0.25) is 4.79 Å². The molecule has 1 aliphatic rings. The Balaban J connectivity index is 2.21. The Hall–Kier alpha value is -1.36. The summed E-state index contributed by atoms with van der Waals surface area (Å²) >= 11 is 1.61. The molecule has 0 radical (unpaired) electrons. The summed E-state index contributed by atoms with van der Waals surface area (Å²) in [5, 5.41) is 13.7. The number of carboxylic acids is 1. The highest BCUT2D eigenvalue weighted by molar-refractivity contribution is 7.10. The maximum atomic E-state index is 12.3. The summed E-state index contributed by atoms with van der Waals surface area (Å²) in [5.41, 5.74) is 0.596. The molecule has 0 aromatic carbocycles. The number of amides is 1. The Morgan fingerprint density at radius 2 is 2.11 bits per heavy atom. The number of aliphatic carboxylic acids is 1. The molecule has 2 rings (SSSR count). The van der Waals surface area contributed by atoms with Crippen LogP contribution in [0.1, 0.15) is 53.9 Å². The van der Waals surface area contributed by atoms with Gasteiger partial charge in [-0.05, 0) is 44.6 Å². The average Bonchev–Trinajstić information content (AvgIpc) is 2.82. The number of rotatable bonds is 4. The lowest BCUT2D eigenvalue weighted by atomic mass is 9.94. The van der Waals surface area contributed by atoms with E-state index in [1.54, 1.807) is 25.2 Å². The van der Waals surface area contributed by atoms with Gasteiger partial charge < -0.3 is 10.4 Å². The van der Waals surface area contributed by atoms with Gasteiger partial charge >= 0.3 is 5.97 Å². The van der Waals surface area contributed by atoms with E-state index in [1.165, 1.54) is 11.3 Å². The fourth-order valence-corrected chi connectivity index (χ4v) is 3.42. The lowest BCUT2D eigenvalue weighted by Gasteiger charge is -2.25. The molecular formula is C14H19NO3S. The molecule has 1 amide bonds. The number of carbonyl (C=O) groups is 2. The van der Waals surface area contributed by atoms with E-state index in [0.29, 0.717) is 12.0 Å². The van der Waals surface area contributed by atoms with Crippen molar-refractivity contribution in [2.45, 2.75) is 51.5 Å². The van der Waals surface area contributed by atoms with Gasteiger partial charge in [0.25, 0.3) is 5.91 Å². The summed E-state index contributed by atoms with van der Waals surface area (Å²) in [7, 11) is 0. The summed E-state index contributed by atoms with van der Waals surface area (Å²) in [6, 6.07) is 0. The lowest BCUT2D eigenvalue weighted by molar-refractivity contribution is -0.143. The van der Waals surface area contributed by atoms with Crippen LogP contribution in [0.4, 0.5) is 0 Å². The van der Waals surface area contributed by atoms with Crippen molar-refractivity contribution in [2.75, 3.05) is 0 Å². The summed E-state index contributed by atoms with van der Waals surface area (Å²) in [4.78, 5) is 24.8. The van der Waals surface area contributed by atoms with Gasteiger partial charge in [0.15, 0.2) is 0 Å². The van der Waals surface area contributed by atoms with E-state index in [2.05, 4.69) is 5.32 Å². The molecule has 1 unspecified atom stereocenters. The summed E-state index contributed by atoms with van der Waals surface area (Å²) < 4.78 is 0. The molecule has 0 aliphatic heterocycles. The number of nitrogens with one attached hydrogen (secondary N) is 1. The van der Waals surface area contributed by atoms with Crippen molar-refractivity contribution in [1.29, 1.82) is 0 Å². The number of hydrogen-bond acceptors (Lipinski definition) is 3.